The lowest BCUT2D eigenvalue weighted by atomic mass is 10.1. The Morgan fingerprint density at radius 3 is 2.33 bits per heavy atom. The van der Waals surface area contributed by atoms with Crippen molar-refractivity contribution >= 4 is 11.8 Å². The Hall–Kier alpha value is -2.89. The second kappa shape index (κ2) is 11.3. The number of hydrogen-bond acceptors (Lipinski definition) is 4. The summed E-state index contributed by atoms with van der Waals surface area (Å²) in [5.41, 5.74) is 1.43. The zero-order valence-corrected chi connectivity index (χ0v) is 17.8. The highest BCUT2D eigenvalue weighted by atomic mass is 16.5. The summed E-state index contributed by atoms with van der Waals surface area (Å²) in [6.07, 6.45) is 6.68. The topological polar surface area (TPSA) is 62.7 Å². The first-order valence-corrected chi connectivity index (χ1v) is 10.9. The number of carbonyl (C=O) groups excluding carboxylic acids is 2. The number of amides is 2. The van der Waals surface area contributed by atoms with Gasteiger partial charge in [-0.05, 0) is 42.8 Å². The van der Waals surface area contributed by atoms with Gasteiger partial charge in [-0.3, -0.25) is 14.6 Å². The van der Waals surface area contributed by atoms with E-state index in [0.29, 0.717) is 44.8 Å². The SMILES string of the molecule is CCCCCCOc1ccc(C(=O)N2CCN(C(=O)Cc3ccccn3)CC2)cc1. The fraction of sp³-hybridized carbons (Fsp3) is 0.458. The molecule has 1 saturated heterocycles. The van der Waals surface area contributed by atoms with Crippen LogP contribution in [0.15, 0.2) is 48.7 Å². The molecule has 1 aliphatic heterocycles. The molecule has 1 aliphatic rings. The molecule has 2 aromatic rings. The number of hydrogen-bond donors (Lipinski definition) is 0. The maximum absolute atomic E-state index is 12.8. The zero-order chi connectivity index (χ0) is 21.2. The highest BCUT2D eigenvalue weighted by Gasteiger charge is 2.25. The molecule has 0 atom stereocenters. The molecule has 1 fully saturated rings. The van der Waals surface area contributed by atoms with Gasteiger partial charge in [-0.15, -0.1) is 0 Å². The molecule has 30 heavy (non-hydrogen) atoms. The minimum atomic E-state index is 0.00122. The van der Waals surface area contributed by atoms with E-state index in [0.717, 1.165) is 17.9 Å². The van der Waals surface area contributed by atoms with Gasteiger partial charge in [0, 0.05) is 43.6 Å². The number of benzene rings is 1. The van der Waals surface area contributed by atoms with Crippen LogP contribution < -0.4 is 4.74 Å². The molecule has 2 amide bonds. The third-order valence-electron chi connectivity index (χ3n) is 5.35. The summed E-state index contributed by atoms with van der Waals surface area (Å²) >= 11 is 0. The summed E-state index contributed by atoms with van der Waals surface area (Å²) in [4.78, 5) is 33.1. The Morgan fingerprint density at radius 1 is 0.933 bits per heavy atom. The highest BCUT2D eigenvalue weighted by molar-refractivity contribution is 5.94. The van der Waals surface area contributed by atoms with E-state index in [9.17, 15) is 9.59 Å². The number of nitrogens with zero attached hydrogens (tertiary/aromatic N) is 3. The highest BCUT2D eigenvalue weighted by Crippen LogP contribution is 2.16. The van der Waals surface area contributed by atoms with E-state index in [1.807, 2.05) is 52.3 Å². The largest absolute Gasteiger partial charge is 0.494 e. The van der Waals surface area contributed by atoms with Crippen LogP contribution in [-0.2, 0) is 11.2 Å². The average molecular weight is 410 g/mol. The van der Waals surface area contributed by atoms with E-state index in [1.165, 1.54) is 19.3 Å². The monoisotopic (exact) mass is 409 g/mol. The minimum absolute atomic E-state index is 0.00122. The molecule has 6 nitrogen and oxygen atoms in total. The average Bonchev–Trinajstić information content (AvgIpc) is 2.80. The molecule has 0 saturated carbocycles. The first kappa shape index (κ1) is 21.8. The number of aromatic nitrogens is 1. The first-order chi connectivity index (χ1) is 14.7. The van der Waals surface area contributed by atoms with Crippen molar-refractivity contribution in [1.29, 1.82) is 0 Å². The van der Waals surface area contributed by atoms with Gasteiger partial charge >= 0.3 is 0 Å². The van der Waals surface area contributed by atoms with Crippen LogP contribution in [0.1, 0.15) is 48.7 Å². The molecular weight excluding hydrogens is 378 g/mol. The van der Waals surface area contributed by atoms with E-state index in [4.69, 9.17) is 4.74 Å². The van der Waals surface area contributed by atoms with E-state index >= 15 is 0 Å². The van der Waals surface area contributed by atoms with Crippen molar-refractivity contribution in [2.45, 2.75) is 39.0 Å². The molecule has 0 N–H and O–H groups in total. The van der Waals surface area contributed by atoms with Gasteiger partial charge in [0.1, 0.15) is 5.75 Å². The van der Waals surface area contributed by atoms with Gasteiger partial charge in [0.15, 0.2) is 0 Å². The predicted octanol–water partition coefficient (Wildman–Crippen LogP) is 3.57. The van der Waals surface area contributed by atoms with Crippen molar-refractivity contribution in [1.82, 2.24) is 14.8 Å². The molecule has 0 aliphatic carbocycles. The van der Waals surface area contributed by atoms with Gasteiger partial charge < -0.3 is 14.5 Å². The van der Waals surface area contributed by atoms with Gasteiger partial charge in [-0.1, -0.05) is 32.3 Å². The third-order valence-corrected chi connectivity index (χ3v) is 5.35. The summed E-state index contributed by atoms with van der Waals surface area (Å²) in [6, 6.07) is 12.9. The number of piperazine rings is 1. The van der Waals surface area contributed by atoms with Crippen LogP contribution in [0.25, 0.3) is 0 Å². The van der Waals surface area contributed by atoms with Crippen LogP contribution in [0, 0.1) is 0 Å². The van der Waals surface area contributed by atoms with Crippen LogP contribution in [0.3, 0.4) is 0 Å². The Morgan fingerprint density at radius 2 is 1.67 bits per heavy atom. The maximum Gasteiger partial charge on any atom is 0.253 e. The molecule has 3 rings (SSSR count). The Labute approximate surface area is 178 Å². The lowest BCUT2D eigenvalue weighted by Gasteiger charge is -2.34. The number of ether oxygens (including phenoxy) is 1. The van der Waals surface area contributed by atoms with E-state index in [-0.39, 0.29) is 11.8 Å². The van der Waals surface area contributed by atoms with Gasteiger partial charge in [0.2, 0.25) is 5.91 Å². The smallest absolute Gasteiger partial charge is 0.253 e. The van der Waals surface area contributed by atoms with Gasteiger partial charge in [0.25, 0.3) is 5.91 Å². The molecule has 1 aromatic carbocycles. The number of unbranched alkanes of at least 4 members (excludes halogenated alkanes) is 3. The lowest BCUT2D eigenvalue weighted by Crippen LogP contribution is -2.51. The van der Waals surface area contributed by atoms with Crippen LogP contribution >= 0.6 is 0 Å². The molecular formula is C24H31N3O3. The second-order valence-electron chi connectivity index (χ2n) is 7.60. The van der Waals surface area contributed by atoms with Crippen molar-refractivity contribution in [3.63, 3.8) is 0 Å². The Bertz CT molecular complexity index is 800. The summed E-state index contributed by atoms with van der Waals surface area (Å²) in [5.74, 6) is 0.857. The number of carbonyl (C=O) groups is 2. The molecule has 6 heteroatoms. The molecule has 0 spiro atoms. The van der Waals surface area contributed by atoms with E-state index < -0.39 is 0 Å². The second-order valence-corrected chi connectivity index (χ2v) is 7.60. The zero-order valence-electron chi connectivity index (χ0n) is 17.8. The van der Waals surface area contributed by atoms with Crippen molar-refractivity contribution in [3.8, 4) is 5.75 Å². The Balaban J connectivity index is 1.44. The van der Waals surface area contributed by atoms with E-state index in [1.54, 1.807) is 6.20 Å². The van der Waals surface area contributed by atoms with Crippen LogP contribution in [0.4, 0.5) is 0 Å². The van der Waals surface area contributed by atoms with Gasteiger partial charge in [-0.2, -0.15) is 0 Å². The fourth-order valence-electron chi connectivity index (χ4n) is 3.52. The van der Waals surface area contributed by atoms with Gasteiger partial charge in [0.05, 0.1) is 13.0 Å². The number of rotatable bonds is 9. The molecule has 0 radical (unpaired) electrons. The predicted molar refractivity (Wildman–Crippen MR) is 117 cm³/mol. The number of pyridine rings is 1. The van der Waals surface area contributed by atoms with E-state index in [2.05, 4.69) is 11.9 Å². The summed E-state index contributed by atoms with van der Waals surface area (Å²) < 4.78 is 5.75. The molecule has 2 heterocycles. The summed E-state index contributed by atoms with van der Waals surface area (Å²) in [7, 11) is 0. The molecule has 0 bridgehead atoms. The van der Waals surface area contributed by atoms with Gasteiger partial charge in [-0.25, -0.2) is 0 Å². The quantitative estimate of drug-likeness (QED) is 0.594. The van der Waals surface area contributed by atoms with Crippen molar-refractivity contribution in [2.24, 2.45) is 0 Å². The van der Waals surface area contributed by atoms with Crippen molar-refractivity contribution in [3.05, 3.63) is 59.9 Å². The van der Waals surface area contributed by atoms with Crippen molar-refractivity contribution < 1.29 is 14.3 Å². The molecule has 160 valence electrons. The Kier molecular flexibility index (Phi) is 8.24. The summed E-state index contributed by atoms with van der Waals surface area (Å²) in [5, 5.41) is 0. The molecule has 0 unspecified atom stereocenters. The van der Waals surface area contributed by atoms with Crippen LogP contribution in [0.5, 0.6) is 5.75 Å². The lowest BCUT2D eigenvalue weighted by molar-refractivity contribution is -0.132. The minimum Gasteiger partial charge on any atom is -0.494 e. The third kappa shape index (κ3) is 6.31. The first-order valence-electron chi connectivity index (χ1n) is 10.9. The van der Waals surface area contributed by atoms with Crippen LogP contribution in [-0.4, -0.2) is 59.4 Å². The standard InChI is InChI=1S/C24H31N3O3/c1-2-3-4-7-18-30-22-11-9-20(10-12-22)24(29)27-16-14-26(15-17-27)23(28)19-21-8-5-6-13-25-21/h5-6,8-13H,2-4,7,14-19H2,1H3. The van der Waals surface area contributed by atoms with Crippen LogP contribution in [0.2, 0.25) is 0 Å². The molecule has 1 aromatic heterocycles. The normalized spacial score (nSPS) is 13.9. The summed E-state index contributed by atoms with van der Waals surface area (Å²) in [6.45, 7) is 5.09. The van der Waals surface area contributed by atoms with Crippen molar-refractivity contribution in [2.75, 3.05) is 32.8 Å². The maximum atomic E-state index is 12.8. The fourth-order valence-corrected chi connectivity index (χ4v) is 3.52.